The zero-order valence-electron chi connectivity index (χ0n) is 10.0. The summed E-state index contributed by atoms with van der Waals surface area (Å²) in [6.07, 6.45) is 0.662. The third-order valence-corrected chi connectivity index (χ3v) is 3.97. The predicted molar refractivity (Wildman–Crippen MR) is 62.1 cm³/mol. The smallest absolute Gasteiger partial charge is 0.211 e. The van der Waals surface area contributed by atoms with Crippen molar-refractivity contribution in [2.45, 2.75) is 40.2 Å². The van der Waals surface area contributed by atoms with Crippen LogP contribution in [0.3, 0.4) is 0 Å². The normalized spacial score (nSPS) is 16.7. The monoisotopic (exact) mass is 237 g/mol. The van der Waals surface area contributed by atoms with Crippen LogP contribution in [0.25, 0.3) is 0 Å². The first kappa shape index (κ1) is 14.9. The highest BCUT2D eigenvalue weighted by Crippen LogP contribution is 2.06. The topological polar surface area (TPSA) is 66.4 Å². The van der Waals surface area contributed by atoms with Crippen LogP contribution in [0.4, 0.5) is 0 Å². The molecule has 0 bridgehead atoms. The quantitative estimate of drug-likeness (QED) is 0.693. The van der Waals surface area contributed by atoms with Crippen LogP contribution in [-0.4, -0.2) is 31.9 Å². The van der Waals surface area contributed by atoms with Gasteiger partial charge in [0.05, 0.1) is 5.75 Å². The lowest BCUT2D eigenvalue weighted by atomic mass is 10.1. The molecule has 0 heterocycles. The molecule has 0 amide bonds. The van der Waals surface area contributed by atoms with Gasteiger partial charge in [0, 0.05) is 12.6 Å². The molecule has 0 rings (SSSR count). The lowest BCUT2D eigenvalue weighted by Crippen LogP contribution is -2.39. The van der Waals surface area contributed by atoms with Gasteiger partial charge in [-0.25, -0.2) is 13.1 Å². The maximum atomic E-state index is 11.6. The van der Waals surface area contributed by atoms with Gasteiger partial charge in [-0.3, -0.25) is 0 Å². The summed E-state index contributed by atoms with van der Waals surface area (Å²) in [6, 6.07) is -0.216. The van der Waals surface area contributed by atoms with Crippen molar-refractivity contribution in [2.24, 2.45) is 11.8 Å². The minimum Gasteiger partial charge on any atom is -0.396 e. The zero-order valence-corrected chi connectivity index (χ0v) is 10.8. The van der Waals surface area contributed by atoms with E-state index in [1.807, 2.05) is 20.8 Å². The van der Waals surface area contributed by atoms with Crippen molar-refractivity contribution in [1.82, 2.24) is 4.72 Å². The highest BCUT2D eigenvalue weighted by molar-refractivity contribution is 7.89. The summed E-state index contributed by atoms with van der Waals surface area (Å²) in [6.45, 7) is 7.57. The molecule has 0 saturated heterocycles. The van der Waals surface area contributed by atoms with E-state index in [2.05, 4.69) is 4.72 Å². The summed E-state index contributed by atoms with van der Waals surface area (Å²) in [7, 11) is -3.19. The van der Waals surface area contributed by atoms with E-state index in [4.69, 9.17) is 5.11 Å². The molecule has 0 aromatic rings. The number of nitrogens with one attached hydrogen (secondary N) is 1. The second kappa shape index (κ2) is 6.45. The standard InChI is InChI=1S/C10H23NO3S/c1-8(2)5-6-15(13,14)11-10(4)9(3)7-12/h8-12H,5-7H2,1-4H3. The highest BCUT2D eigenvalue weighted by Gasteiger charge is 2.18. The number of aliphatic hydroxyl groups excluding tert-OH is 1. The van der Waals surface area contributed by atoms with Crippen LogP contribution in [-0.2, 0) is 10.0 Å². The molecule has 0 fully saturated rings. The van der Waals surface area contributed by atoms with Gasteiger partial charge < -0.3 is 5.11 Å². The Kier molecular flexibility index (Phi) is 6.40. The van der Waals surface area contributed by atoms with E-state index >= 15 is 0 Å². The number of hydrogen-bond donors (Lipinski definition) is 2. The van der Waals surface area contributed by atoms with Crippen LogP contribution in [0.1, 0.15) is 34.1 Å². The highest BCUT2D eigenvalue weighted by atomic mass is 32.2. The van der Waals surface area contributed by atoms with Crippen LogP contribution < -0.4 is 4.72 Å². The van der Waals surface area contributed by atoms with Gasteiger partial charge in [-0.15, -0.1) is 0 Å². The second-order valence-electron chi connectivity index (χ2n) is 4.57. The van der Waals surface area contributed by atoms with Crippen LogP contribution in [0.5, 0.6) is 0 Å². The van der Waals surface area contributed by atoms with Gasteiger partial charge in [-0.1, -0.05) is 20.8 Å². The molecule has 0 spiro atoms. The minimum atomic E-state index is -3.19. The van der Waals surface area contributed by atoms with Gasteiger partial charge in [0.2, 0.25) is 10.0 Å². The minimum absolute atomic E-state index is 0.00608. The molecule has 0 aliphatic rings. The summed E-state index contributed by atoms with van der Waals surface area (Å²) in [5, 5.41) is 8.89. The Bertz CT molecular complexity index is 262. The first-order valence-corrected chi connectivity index (χ1v) is 7.04. The van der Waals surface area contributed by atoms with E-state index in [-0.39, 0.29) is 24.3 Å². The molecule has 92 valence electrons. The molecule has 4 nitrogen and oxygen atoms in total. The molecule has 15 heavy (non-hydrogen) atoms. The molecule has 2 N–H and O–H groups in total. The average molecular weight is 237 g/mol. The van der Waals surface area contributed by atoms with E-state index in [1.54, 1.807) is 6.92 Å². The SMILES string of the molecule is CC(C)CCS(=O)(=O)NC(C)C(C)CO. The summed E-state index contributed by atoms with van der Waals surface area (Å²) in [5.74, 6) is 0.485. The van der Waals surface area contributed by atoms with E-state index in [9.17, 15) is 8.42 Å². The van der Waals surface area contributed by atoms with Crippen LogP contribution in [0.15, 0.2) is 0 Å². The summed E-state index contributed by atoms with van der Waals surface area (Å²) >= 11 is 0. The molecule has 0 aliphatic heterocycles. The maximum absolute atomic E-state index is 11.6. The Labute approximate surface area is 93.1 Å². The Hall–Kier alpha value is -0.130. The average Bonchev–Trinajstić information content (AvgIpc) is 2.13. The first-order valence-electron chi connectivity index (χ1n) is 5.39. The Balaban J connectivity index is 4.14. The zero-order chi connectivity index (χ0) is 12.1. The van der Waals surface area contributed by atoms with Crippen LogP contribution >= 0.6 is 0 Å². The van der Waals surface area contributed by atoms with Crippen molar-refractivity contribution in [1.29, 1.82) is 0 Å². The lowest BCUT2D eigenvalue weighted by Gasteiger charge is -2.19. The maximum Gasteiger partial charge on any atom is 0.211 e. The molecule has 0 saturated carbocycles. The van der Waals surface area contributed by atoms with E-state index in [0.29, 0.717) is 12.3 Å². The third kappa shape index (κ3) is 6.87. The lowest BCUT2D eigenvalue weighted by molar-refractivity contribution is 0.216. The number of hydrogen-bond acceptors (Lipinski definition) is 3. The summed E-state index contributed by atoms with van der Waals surface area (Å²) in [5.41, 5.74) is 0. The predicted octanol–water partition coefficient (Wildman–Crippen LogP) is 0.969. The molecule has 0 aliphatic carbocycles. The number of sulfonamides is 1. The molecule has 0 aromatic carbocycles. The van der Waals surface area contributed by atoms with Gasteiger partial charge in [0.25, 0.3) is 0 Å². The fourth-order valence-corrected chi connectivity index (χ4v) is 2.71. The fourth-order valence-electron chi connectivity index (χ4n) is 1.01. The van der Waals surface area contributed by atoms with Crippen molar-refractivity contribution in [3.63, 3.8) is 0 Å². The summed E-state index contributed by atoms with van der Waals surface area (Å²) in [4.78, 5) is 0. The van der Waals surface area contributed by atoms with Gasteiger partial charge in [0.15, 0.2) is 0 Å². The van der Waals surface area contributed by atoms with Crippen molar-refractivity contribution in [2.75, 3.05) is 12.4 Å². The Morgan fingerprint density at radius 1 is 1.20 bits per heavy atom. The van der Waals surface area contributed by atoms with Gasteiger partial charge in [0.1, 0.15) is 0 Å². The van der Waals surface area contributed by atoms with Crippen molar-refractivity contribution < 1.29 is 13.5 Å². The van der Waals surface area contributed by atoms with E-state index in [1.165, 1.54) is 0 Å². The van der Waals surface area contributed by atoms with Crippen LogP contribution in [0, 0.1) is 11.8 Å². The molecule has 0 radical (unpaired) electrons. The van der Waals surface area contributed by atoms with Gasteiger partial charge >= 0.3 is 0 Å². The van der Waals surface area contributed by atoms with Crippen LogP contribution in [0.2, 0.25) is 0 Å². The number of aliphatic hydroxyl groups is 1. The largest absolute Gasteiger partial charge is 0.396 e. The fraction of sp³-hybridized carbons (Fsp3) is 1.00. The van der Waals surface area contributed by atoms with Crippen molar-refractivity contribution >= 4 is 10.0 Å². The Morgan fingerprint density at radius 2 is 1.73 bits per heavy atom. The number of rotatable bonds is 7. The van der Waals surface area contributed by atoms with Gasteiger partial charge in [-0.2, -0.15) is 0 Å². The molecule has 2 unspecified atom stereocenters. The third-order valence-electron chi connectivity index (χ3n) is 2.47. The van der Waals surface area contributed by atoms with E-state index < -0.39 is 10.0 Å². The van der Waals surface area contributed by atoms with Gasteiger partial charge in [-0.05, 0) is 25.2 Å². The van der Waals surface area contributed by atoms with Crippen molar-refractivity contribution in [3.8, 4) is 0 Å². The second-order valence-corrected chi connectivity index (χ2v) is 6.44. The summed E-state index contributed by atoms with van der Waals surface area (Å²) < 4.78 is 25.7. The Morgan fingerprint density at radius 3 is 2.13 bits per heavy atom. The molecular formula is C10H23NO3S. The first-order chi connectivity index (χ1) is 6.78. The molecule has 0 aromatic heterocycles. The van der Waals surface area contributed by atoms with Crippen molar-refractivity contribution in [3.05, 3.63) is 0 Å². The van der Waals surface area contributed by atoms with E-state index in [0.717, 1.165) is 0 Å². The molecule has 5 heteroatoms. The molecule has 2 atom stereocenters. The molecular weight excluding hydrogens is 214 g/mol.